The molecule has 1 spiro atoms. The van der Waals surface area contributed by atoms with Crippen LogP contribution in [0.2, 0.25) is 0 Å². The monoisotopic (exact) mass is 411 g/mol. The molecule has 0 radical (unpaired) electrons. The van der Waals surface area contributed by atoms with E-state index in [4.69, 9.17) is 4.74 Å². The summed E-state index contributed by atoms with van der Waals surface area (Å²) < 4.78 is 5.28. The largest absolute Gasteiger partial charge is 0.497 e. The second kappa shape index (κ2) is 6.83. The normalized spacial score (nSPS) is 28.0. The van der Waals surface area contributed by atoms with E-state index in [2.05, 4.69) is 4.98 Å². The molecule has 2 bridgehead atoms. The molecule has 0 saturated carbocycles. The SMILES string of the molecule is COc1cccc(C(=O)N2C3CCC2C2(CCN(Cc4csc(C)n4)C2=O)C3)c1. The van der Waals surface area contributed by atoms with Crippen molar-refractivity contribution in [2.75, 3.05) is 13.7 Å². The molecule has 3 aliphatic rings. The van der Waals surface area contributed by atoms with Crippen LogP contribution >= 0.6 is 11.3 Å². The predicted molar refractivity (Wildman–Crippen MR) is 110 cm³/mol. The summed E-state index contributed by atoms with van der Waals surface area (Å²) in [5.74, 6) is 0.909. The molecule has 7 heteroatoms. The summed E-state index contributed by atoms with van der Waals surface area (Å²) in [5.41, 5.74) is 1.19. The molecule has 2 amide bonds. The Morgan fingerprint density at radius 3 is 3.00 bits per heavy atom. The van der Waals surface area contributed by atoms with Crippen molar-refractivity contribution in [1.29, 1.82) is 0 Å². The lowest BCUT2D eigenvalue weighted by Crippen LogP contribution is -2.45. The van der Waals surface area contributed by atoms with E-state index in [1.165, 1.54) is 0 Å². The molecule has 3 saturated heterocycles. The molecule has 4 heterocycles. The Hall–Kier alpha value is -2.41. The number of ether oxygens (including phenoxy) is 1. The molecule has 3 aliphatic heterocycles. The van der Waals surface area contributed by atoms with Gasteiger partial charge in [0.05, 0.1) is 29.8 Å². The number of nitrogens with zero attached hydrogens (tertiary/aromatic N) is 3. The smallest absolute Gasteiger partial charge is 0.254 e. The fraction of sp³-hybridized carbons (Fsp3) is 0.500. The molecular formula is C22H25N3O3S. The number of fused-ring (bicyclic) bond motifs is 3. The van der Waals surface area contributed by atoms with Gasteiger partial charge in [-0.2, -0.15) is 0 Å². The van der Waals surface area contributed by atoms with Crippen LogP contribution in [0.5, 0.6) is 5.75 Å². The van der Waals surface area contributed by atoms with Crippen LogP contribution in [0.4, 0.5) is 0 Å². The standard InChI is InChI=1S/C22H25N3O3S/c1-14-23-16(13-29-14)12-24-9-8-22(21(24)27)11-17-6-7-19(22)25(17)20(26)15-4-3-5-18(10-15)28-2/h3-5,10,13,17,19H,6-9,11-12H2,1-2H3. The Bertz CT molecular complexity index is 974. The molecule has 3 fully saturated rings. The zero-order valence-corrected chi connectivity index (χ0v) is 17.6. The lowest BCUT2D eigenvalue weighted by molar-refractivity contribution is -0.137. The van der Waals surface area contributed by atoms with Gasteiger partial charge in [-0.05, 0) is 50.8 Å². The molecule has 6 nitrogen and oxygen atoms in total. The summed E-state index contributed by atoms with van der Waals surface area (Å²) in [7, 11) is 1.60. The van der Waals surface area contributed by atoms with Crippen molar-refractivity contribution in [1.82, 2.24) is 14.8 Å². The first kappa shape index (κ1) is 18.6. The van der Waals surface area contributed by atoms with Crippen LogP contribution in [-0.2, 0) is 11.3 Å². The van der Waals surface area contributed by atoms with Crippen molar-refractivity contribution < 1.29 is 14.3 Å². The minimum absolute atomic E-state index is 0.000807. The molecule has 2 aromatic rings. The molecule has 1 aromatic carbocycles. The second-order valence-electron chi connectivity index (χ2n) is 8.39. The maximum atomic E-state index is 13.5. The first-order chi connectivity index (χ1) is 14.0. The summed E-state index contributed by atoms with van der Waals surface area (Å²) >= 11 is 1.62. The van der Waals surface area contributed by atoms with E-state index >= 15 is 0 Å². The van der Waals surface area contributed by atoms with E-state index in [0.29, 0.717) is 17.9 Å². The van der Waals surface area contributed by atoms with E-state index in [1.807, 2.05) is 40.3 Å². The number of hydrogen-bond donors (Lipinski definition) is 0. The third-order valence-corrected chi connectivity index (χ3v) is 7.67. The van der Waals surface area contributed by atoms with Gasteiger partial charge in [-0.15, -0.1) is 11.3 Å². The molecule has 3 unspecified atom stereocenters. The van der Waals surface area contributed by atoms with Gasteiger partial charge in [-0.1, -0.05) is 6.07 Å². The highest BCUT2D eigenvalue weighted by molar-refractivity contribution is 7.09. The van der Waals surface area contributed by atoms with Crippen molar-refractivity contribution in [2.24, 2.45) is 5.41 Å². The highest BCUT2D eigenvalue weighted by Gasteiger charge is 2.64. The fourth-order valence-electron chi connectivity index (χ4n) is 5.58. The highest BCUT2D eigenvalue weighted by Crippen LogP contribution is 2.55. The van der Waals surface area contributed by atoms with Crippen LogP contribution < -0.4 is 4.74 Å². The topological polar surface area (TPSA) is 62.7 Å². The third-order valence-electron chi connectivity index (χ3n) is 6.85. The van der Waals surface area contributed by atoms with E-state index < -0.39 is 5.41 Å². The average Bonchev–Trinajstić information content (AvgIpc) is 3.48. The number of amides is 2. The zero-order valence-electron chi connectivity index (χ0n) is 16.8. The Kier molecular flexibility index (Phi) is 4.38. The van der Waals surface area contributed by atoms with Crippen LogP contribution in [0, 0.1) is 12.3 Å². The highest BCUT2D eigenvalue weighted by atomic mass is 32.1. The minimum Gasteiger partial charge on any atom is -0.497 e. The van der Waals surface area contributed by atoms with E-state index in [-0.39, 0.29) is 23.9 Å². The molecule has 3 atom stereocenters. The lowest BCUT2D eigenvalue weighted by atomic mass is 9.72. The van der Waals surface area contributed by atoms with Gasteiger partial charge in [0.15, 0.2) is 0 Å². The summed E-state index contributed by atoms with van der Waals surface area (Å²) in [6.07, 6.45) is 3.52. The van der Waals surface area contributed by atoms with E-state index in [0.717, 1.165) is 42.9 Å². The molecule has 1 aromatic heterocycles. The third kappa shape index (κ3) is 2.86. The van der Waals surface area contributed by atoms with Crippen molar-refractivity contribution in [3.05, 3.63) is 45.9 Å². The number of benzene rings is 1. The maximum Gasteiger partial charge on any atom is 0.254 e. The summed E-state index contributed by atoms with van der Waals surface area (Å²) in [6.45, 7) is 3.31. The Labute approximate surface area is 174 Å². The van der Waals surface area contributed by atoms with Crippen molar-refractivity contribution >= 4 is 23.2 Å². The molecule has 152 valence electrons. The van der Waals surface area contributed by atoms with Gasteiger partial charge in [-0.3, -0.25) is 9.59 Å². The molecule has 0 N–H and O–H groups in total. The van der Waals surface area contributed by atoms with Crippen LogP contribution in [-0.4, -0.2) is 52.3 Å². The number of likely N-dealkylation sites (tertiary alicyclic amines) is 1. The van der Waals surface area contributed by atoms with E-state index in [1.54, 1.807) is 24.5 Å². The van der Waals surface area contributed by atoms with Crippen molar-refractivity contribution in [3.8, 4) is 5.75 Å². The first-order valence-electron chi connectivity index (χ1n) is 10.2. The number of hydrogen-bond acceptors (Lipinski definition) is 5. The van der Waals surface area contributed by atoms with Gasteiger partial charge in [0.2, 0.25) is 5.91 Å². The molecule has 29 heavy (non-hydrogen) atoms. The number of aryl methyl sites for hydroxylation is 1. The van der Waals surface area contributed by atoms with Gasteiger partial charge < -0.3 is 14.5 Å². The lowest BCUT2D eigenvalue weighted by Gasteiger charge is -2.32. The number of carbonyl (C=O) groups is 2. The summed E-state index contributed by atoms with van der Waals surface area (Å²) in [6, 6.07) is 7.47. The van der Waals surface area contributed by atoms with Gasteiger partial charge in [0, 0.05) is 29.6 Å². The summed E-state index contributed by atoms with van der Waals surface area (Å²) in [4.78, 5) is 35.3. The van der Waals surface area contributed by atoms with Gasteiger partial charge >= 0.3 is 0 Å². The predicted octanol–water partition coefficient (Wildman–Crippen LogP) is 3.26. The van der Waals surface area contributed by atoms with Crippen LogP contribution in [0.1, 0.15) is 46.7 Å². The van der Waals surface area contributed by atoms with Crippen LogP contribution in [0.3, 0.4) is 0 Å². The number of aromatic nitrogens is 1. The molecular weight excluding hydrogens is 386 g/mol. The van der Waals surface area contributed by atoms with Gasteiger partial charge in [0.25, 0.3) is 5.91 Å². The fourth-order valence-corrected chi connectivity index (χ4v) is 6.18. The quantitative estimate of drug-likeness (QED) is 0.775. The number of methoxy groups -OCH3 is 1. The average molecular weight is 412 g/mol. The Morgan fingerprint density at radius 2 is 2.24 bits per heavy atom. The van der Waals surface area contributed by atoms with Crippen LogP contribution in [0.15, 0.2) is 29.6 Å². The molecule has 5 rings (SSSR count). The second-order valence-corrected chi connectivity index (χ2v) is 9.45. The van der Waals surface area contributed by atoms with Crippen molar-refractivity contribution in [3.63, 3.8) is 0 Å². The Morgan fingerprint density at radius 1 is 1.38 bits per heavy atom. The maximum absolute atomic E-state index is 13.5. The number of carbonyl (C=O) groups excluding carboxylic acids is 2. The van der Waals surface area contributed by atoms with E-state index in [9.17, 15) is 9.59 Å². The van der Waals surface area contributed by atoms with Crippen LogP contribution in [0.25, 0.3) is 0 Å². The minimum atomic E-state index is -0.414. The number of rotatable bonds is 4. The van der Waals surface area contributed by atoms with Crippen molar-refractivity contribution in [2.45, 2.75) is 51.2 Å². The molecule has 0 aliphatic carbocycles. The Balaban J connectivity index is 1.38. The number of thiazole rings is 1. The van der Waals surface area contributed by atoms with Gasteiger partial charge in [0.1, 0.15) is 5.75 Å². The van der Waals surface area contributed by atoms with Gasteiger partial charge in [-0.25, -0.2) is 4.98 Å². The summed E-state index contributed by atoms with van der Waals surface area (Å²) in [5, 5.41) is 3.06. The first-order valence-corrected chi connectivity index (χ1v) is 11.1. The zero-order chi connectivity index (χ0) is 20.2.